The number of hydrogen-bond donors (Lipinski definition) is 0. The summed E-state index contributed by atoms with van der Waals surface area (Å²) in [6.45, 7) is 1.13. The standard InChI is InChI=1S/C18H16FN5O2/c19-15-4-3-13(10-21-15)18(25)24-9-1-2-14(11-24)16-22-17(26-23-16)12-5-7-20-8-6-12/h3-8,10,14H,1-2,9,11H2. The van der Waals surface area contributed by atoms with Gasteiger partial charge in [0.15, 0.2) is 5.82 Å². The maximum atomic E-state index is 13.0. The van der Waals surface area contributed by atoms with Gasteiger partial charge in [-0.05, 0) is 37.1 Å². The number of pyridine rings is 2. The number of aromatic nitrogens is 4. The number of amides is 1. The van der Waals surface area contributed by atoms with E-state index in [0.29, 0.717) is 30.4 Å². The third-order valence-corrected chi connectivity index (χ3v) is 4.42. The van der Waals surface area contributed by atoms with E-state index in [1.165, 1.54) is 18.3 Å². The smallest absolute Gasteiger partial charge is 0.258 e. The van der Waals surface area contributed by atoms with Gasteiger partial charge in [0, 0.05) is 43.2 Å². The lowest BCUT2D eigenvalue weighted by molar-refractivity contribution is 0.0703. The molecule has 1 unspecified atom stereocenters. The molecule has 0 radical (unpaired) electrons. The van der Waals surface area contributed by atoms with Crippen LogP contribution in [0.15, 0.2) is 47.4 Å². The van der Waals surface area contributed by atoms with Crippen molar-refractivity contribution in [3.05, 3.63) is 60.2 Å². The number of piperidine rings is 1. The molecule has 1 saturated heterocycles. The van der Waals surface area contributed by atoms with Gasteiger partial charge in [-0.2, -0.15) is 9.37 Å². The van der Waals surface area contributed by atoms with E-state index in [9.17, 15) is 9.18 Å². The predicted molar refractivity (Wildman–Crippen MR) is 89.6 cm³/mol. The molecule has 0 bridgehead atoms. The van der Waals surface area contributed by atoms with Gasteiger partial charge in [-0.3, -0.25) is 9.78 Å². The summed E-state index contributed by atoms with van der Waals surface area (Å²) in [6.07, 6.45) is 6.30. The van der Waals surface area contributed by atoms with Crippen LogP contribution in [0.3, 0.4) is 0 Å². The third-order valence-electron chi connectivity index (χ3n) is 4.42. The molecular formula is C18H16FN5O2. The summed E-state index contributed by atoms with van der Waals surface area (Å²) in [6, 6.07) is 6.24. The number of carbonyl (C=O) groups excluding carboxylic acids is 1. The van der Waals surface area contributed by atoms with Crippen LogP contribution in [0.1, 0.15) is 34.9 Å². The predicted octanol–water partition coefficient (Wildman–Crippen LogP) is 2.69. The summed E-state index contributed by atoms with van der Waals surface area (Å²) in [5.41, 5.74) is 1.18. The van der Waals surface area contributed by atoms with Crippen LogP contribution in [-0.4, -0.2) is 44.0 Å². The van der Waals surface area contributed by atoms with E-state index in [0.717, 1.165) is 18.4 Å². The molecule has 4 heterocycles. The summed E-state index contributed by atoms with van der Waals surface area (Å²) in [5, 5.41) is 4.09. The molecular weight excluding hydrogens is 337 g/mol. The Morgan fingerprint density at radius 1 is 1.23 bits per heavy atom. The Bertz CT molecular complexity index is 897. The Morgan fingerprint density at radius 2 is 2.08 bits per heavy atom. The van der Waals surface area contributed by atoms with Crippen LogP contribution in [0.25, 0.3) is 11.5 Å². The Labute approximate surface area is 148 Å². The quantitative estimate of drug-likeness (QED) is 0.673. The maximum absolute atomic E-state index is 13.0. The molecule has 3 aromatic heterocycles. The molecule has 1 aliphatic heterocycles. The van der Waals surface area contributed by atoms with Crippen LogP contribution in [0.4, 0.5) is 4.39 Å². The molecule has 1 atom stereocenters. The van der Waals surface area contributed by atoms with Gasteiger partial charge < -0.3 is 9.42 Å². The van der Waals surface area contributed by atoms with Crippen LogP contribution in [0, 0.1) is 5.95 Å². The molecule has 0 spiro atoms. The summed E-state index contributed by atoms with van der Waals surface area (Å²) < 4.78 is 18.3. The van der Waals surface area contributed by atoms with E-state index in [2.05, 4.69) is 20.1 Å². The van der Waals surface area contributed by atoms with Crippen LogP contribution in [0.2, 0.25) is 0 Å². The van der Waals surface area contributed by atoms with Crippen LogP contribution < -0.4 is 0 Å². The number of halogens is 1. The number of hydrogen-bond acceptors (Lipinski definition) is 6. The second kappa shape index (κ2) is 6.99. The minimum atomic E-state index is -0.603. The lowest BCUT2D eigenvalue weighted by Gasteiger charge is -2.31. The first-order valence-corrected chi connectivity index (χ1v) is 8.35. The molecule has 0 aliphatic carbocycles. The highest BCUT2D eigenvalue weighted by atomic mass is 19.1. The molecule has 0 aromatic carbocycles. The topological polar surface area (TPSA) is 85.0 Å². The fraction of sp³-hybridized carbons (Fsp3) is 0.278. The van der Waals surface area contributed by atoms with Gasteiger partial charge in [0.25, 0.3) is 11.8 Å². The highest BCUT2D eigenvalue weighted by Gasteiger charge is 2.28. The summed E-state index contributed by atoms with van der Waals surface area (Å²) in [5.74, 6) is 0.258. The second-order valence-electron chi connectivity index (χ2n) is 6.15. The first-order valence-electron chi connectivity index (χ1n) is 8.35. The van der Waals surface area contributed by atoms with Crippen molar-refractivity contribution in [2.24, 2.45) is 0 Å². The van der Waals surface area contributed by atoms with Gasteiger partial charge in [-0.25, -0.2) is 4.98 Å². The molecule has 0 N–H and O–H groups in total. The van der Waals surface area contributed by atoms with E-state index in [1.54, 1.807) is 29.4 Å². The van der Waals surface area contributed by atoms with Gasteiger partial charge >= 0.3 is 0 Å². The molecule has 1 fully saturated rings. The minimum absolute atomic E-state index is 0.000412. The van der Waals surface area contributed by atoms with Crippen molar-refractivity contribution in [1.29, 1.82) is 0 Å². The zero-order valence-corrected chi connectivity index (χ0v) is 13.9. The van der Waals surface area contributed by atoms with Crippen LogP contribution in [0.5, 0.6) is 0 Å². The first kappa shape index (κ1) is 16.3. The SMILES string of the molecule is O=C(c1ccc(F)nc1)N1CCCC(c2noc(-c3ccncc3)n2)C1. The van der Waals surface area contributed by atoms with Crippen molar-refractivity contribution >= 4 is 5.91 Å². The van der Waals surface area contributed by atoms with Gasteiger partial charge in [0.1, 0.15) is 0 Å². The van der Waals surface area contributed by atoms with Crippen LogP contribution in [-0.2, 0) is 0 Å². The average molecular weight is 353 g/mol. The third kappa shape index (κ3) is 3.30. The first-order chi connectivity index (χ1) is 12.7. The fourth-order valence-electron chi connectivity index (χ4n) is 3.07. The Balaban J connectivity index is 1.49. The average Bonchev–Trinajstić information content (AvgIpc) is 3.19. The Kier molecular flexibility index (Phi) is 4.39. The largest absolute Gasteiger partial charge is 0.338 e. The van der Waals surface area contributed by atoms with Crippen molar-refractivity contribution in [3.8, 4) is 11.5 Å². The van der Waals surface area contributed by atoms with Gasteiger partial charge in [0.05, 0.1) is 5.56 Å². The van der Waals surface area contributed by atoms with Crippen molar-refractivity contribution in [2.45, 2.75) is 18.8 Å². The van der Waals surface area contributed by atoms with Crippen molar-refractivity contribution in [3.63, 3.8) is 0 Å². The van der Waals surface area contributed by atoms with Crippen molar-refractivity contribution in [2.75, 3.05) is 13.1 Å². The molecule has 8 heteroatoms. The summed E-state index contributed by atoms with van der Waals surface area (Å²) in [4.78, 5) is 26.3. The Hall–Kier alpha value is -3.16. The van der Waals surface area contributed by atoms with E-state index in [4.69, 9.17) is 4.52 Å². The lowest BCUT2D eigenvalue weighted by Crippen LogP contribution is -2.39. The molecule has 26 heavy (non-hydrogen) atoms. The highest BCUT2D eigenvalue weighted by molar-refractivity contribution is 5.94. The zero-order valence-electron chi connectivity index (χ0n) is 13.9. The molecule has 1 aliphatic rings. The van der Waals surface area contributed by atoms with E-state index in [1.807, 2.05) is 0 Å². The molecule has 1 amide bonds. The minimum Gasteiger partial charge on any atom is -0.338 e. The maximum Gasteiger partial charge on any atom is 0.258 e. The number of rotatable bonds is 3. The van der Waals surface area contributed by atoms with Gasteiger partial charge in [0.2, 0.25) is 5.95 Å². The molecule has 132 valence electrons. The number of likely N-dealkylation sites (tertiary alicyclic amines) is 1. The van der Waals surface area contributed by atoms with E-state index in [-0.39, 0.29) is 11.8 Å². The molecule has 4 rings (SSSR count). The Morgan fingerprint density at radius 3 is 2.85 bits per heavy atom. The second-order valence-corrected chi connectivity index (χ2v) is 6.15. The van der Waals surface area contributed by atoms with Gasteiger partial charge in [-0.1, -0.05) is 5.16 Å². The van der Waals surface area contributed by atoms with Crippen molar-refractivity contribution < 1.29 is 13.7 Å². The van der Waals surface area contributed by atoms with Crippen molar-refractivity contribution in [1.82, 2.24) is 25.0 Å². The zero-order chi connectivity index (χ0) is 17.9. The molecule has 7 nitrogen and oxygen atoms in total. The summed E-state index contributed by atoms with van der Waals surface area (Å²) in [7, 11) is 0. The van der Waals surface area contributed by atoms with Crippen LogP contribution >= 0.6 is 0 Å². The number of nitrogens with zero attached hydrogens (tertiary/aromatic N) is 5. The number of carbonyl (C=O) groups is 1. The van der Waals surface area contributed by atoms with E-state index < -0.39 is 5.95 Å². The van der Waals surface area contributed by atoms with Gasteiger partial charge in [-0.15, -0.1) is 0 Å². The normalized spacial score (nSPS) is 17.3. The fourth-order valence-corrected chi connectivity index (χ4v) is 3.07. The molecule has 3 aromatic rings. The highest BCUT2D eigenvalue weighted by Crippen LogP contribution is 2.27. The molecule has 0 saturated carbocycles. The summed E-state index contributed by atoms with van der Waals surface area (Å²) >= 11 is 0. The lowest BCUT2D eigenvalue weighted by atomic mass is 9.97. The van der Waals surface area contributed by atoms with E-state index >= 15 is 0 Å². The monoisotopic (exact) mass is 353 g/mol.